The highest BCUT2D eigenvalue weighted by molar-refractivity contribution is 7.80. The van der Waals surface area contributed by atoms with Crippen LogP contribution in [-0.4, -0.2) is 64.1 Å². The summed E-state index contributed by atoms with van der Waals surface area (Å²) in [6, 6.07) is 0. The molecule has 1 heterocycles. The maximum atomic E-state index is 9.54. The van der Waals surface area contributed by atoms with Crippen molar-refractivity contribution < 1.29 is 24.8 Å². The second-order valence-electron chi connectivity index (χ2n) is 3.29. The molecule has 3 N–H and O–H groups in total. The van der Waals surface area contributed by atoms with Crippen LogP contribution in [0, 0.1) is 0 Å². The van der Waals surface area contributed by atoms with Crippen LogP contribution < -0.4 is 0 Å². The van der Waals surface area contributed by atoms with Crippen LogP contribution >= 0.6 is 25.3 Å². The summed E-state index contributed by atoms with van der Waals surface area (Å²) < 4.78 is 10.4. The summed E-state index contributed by atoms with van der Waals surface area (Å²) in [5.41, 5.74) is 0. The van der Waals surface area contributed by atoms with Crippen molar-refractivity contribution in [3.8, 4) is 0 Å². The summed E-state index contributed by atoms with van der Waals surface area (Å²) >= 11 is 7.92. The Morgan fingerprint density at radius 1 is 1.07 bits per heavy atom. The number of aliphatic hydroxyl groups is 3. The zero-order valence-electron chi connectivity index (χ0n) is 8.06. The third-order valence-electron chi connectivity index (χ3n) is 2.22. The van der Waals surface area contributed by atoms with Crippen LogP contribution in [0.15, 0.2) is 0 Å². The number of rotatable bonds is 4. The lowest BCUT2D eigenvalue weighted by Crippen LogP contribution is -2.58. The Labute approximate surface area is 99.2 Å². The van der Waals surface area contributed by atoms with Gasteiger partial charge >= 0.3 is 0 Å². The van der Waals surface area contributed by atoms with Crippen LogP contribution in [0.3, 0.4) is 0 Å². The fourth-order valence-corrected chi connectivity index (χ4v) is 1.78. The zero-order chi connectivity index (χ0) is 11.4. The van der Waals surface area contributed by atoms with Crippen molar-refractivity contribution in [3.05, 3.63) is 0 Å². The van der Waals surface area contributed by atoms with Gasteiger partial charge in [0.1, 0.15) is 18.3 Å². The molecule has 0 aromatic rings. The largest absolute Gasteiger partial charge is 0.388 e. The summed E-state index contributed by atoms with van der Waals surface area (Å²) in [6.45, 7) is 0.299. The van der Waals surface area contributed by atoms with Crippen molar-refractivity contribution in [1.29, 1.82) is 0 Å². The van der Waals surface area contributed by atoms with Gasteiger partial charge in [-0.25, -0.2) is 0 Å². The molecule has 0 spiro atoms. The van der Waals surface area contributed by atoms with Crippen molar-refractivity contribution in [2.24, 2.45) is 0 Å². The van der Waals surface area contributed by atoms with Gasteiger partial charge in [-0.2, -0.15) is 25.3 Å². The summed E-state index contributed by atoms with van der Waals surface area (Å²) in [5, 5.41) is 28.5. The molecule has 15 heavy (non-hydrogen) atoms. The van der Waals surface area contributed by atoms with Gasteiger partial charge in [-0.3, -0.25) is 0 Å². The van der Waals surface area contributed by atoms with E-state index in [0.29, 0.717) is 12.4 Å². The maximum absolute atomic E-state index is 9.54. The molecule has 1 saturated heterocycles. The first kappa shape index (κ1) is 13.6. The van der Waals surface area contributed by atoms with Crippen LogP contribution in [-0.2, 0) is 9.47 Å². The van der Waals surface area contributed by atoms with Crippen molar-refractivity contribution >= 4 is 25.3 Å². The van der Waals surface area contributed by atoms with Crippen molar-refractivity contribution in [2.75, 3.05) is 18.1 Å². The maximum Gasteiger partial charge on any atom is 0.186 e. The molecule has 7 heteroatoms. The van der Waals surface area contributed by atoms with E-state index in [-0.39, 0.29) is 5.75 Å². The Kier molecular flexibility index (Phi) is 5.69. The van der Waals surface area contributed by atoms with Crippen LogP contribution in [0.2, 0.25) is 0 Å². The smallest absolute Gasteiger partial charge is 0.186 e. The Morgan fingerprint density at radius 3 is 2.27 bits per heavy atom. The molecular weight excluding hydrogens is 240 g/mol. The van der Waals surface area contributed by atoms with Gasteiger partial charge in [0.2, 0.25) is 0 Å². The number of ether oxygens (including phenoxy) is 2. The van der Waals surface area contributed by atoms with Crippen LogP contribution in [0.25, 0.3) is 0 Å². The lowest BCUT2D eigenvalue weighted by Gasteiger charge is -2.39. The first-order chi connectivity index (χ1) is 7.11. The third-order valence-corrected chi connectivity index (χ3v) is 2.76. The number of hydrogen-bond acceptors (Lipinski definition) is 7. The molecule has 0 aromatic heterocycles. The fourth-order valence-electron chi connectivity index (χ4n) is 1.37. The molecule has 1 rings (SSSR count). The molecule has 5 atom stereocenters. The lowest BCUT2D eigenvalue weighted by atomic mass is 10.00. The van der Waals surface area contributed by atoms with E-state index in [4.69, 9.17) is 9.47 Å². The molecule has 5 nitrogen and oxygen atoms in total. The van der Waals surface area contributed by atoms with Gasteiger partial charge in [0, 0.05) is 11.5 Å². The standard InChI is InChI=1S/C8H16O5S2/c9-5-4(3-15)13-8(12-1-2-14)7(11)6(5)10/h4-11,14-15H,1-3H2/t4?,5?,6?,7-,8?/m0/s1. The van der Waals surface area contributed by atoms with Gasteiger partial charge in [-0.1, -0.05) is 0 Å². The Balaban J connectivity index is 2.57. The first-order valence-corrected chi connectivity index (χ1v) is 5.91. The highest BCUT2D eigenvalue weighted by Gasteiger charge is 2.43. The zero-order valence-corrected chi connectivity index (χ0v) is 9.85. The topological polar surface area (TPSA) is 79.2 Å². The monoisotopic (exact) mass is 256 g/mol. The van der Waals surface area contributed by atoms with Gasteiger partial charge in [-0.15, -0.1) is 0 Å². The molecule has 1 aliphatic rings. The minimum Gasteiger partial charge on any atom is -0.388 e. The minimum atomic E-state index is -1.28. The summed E-state index contributed by atoms with van der Waals surface area (Å²) in [6.07, 6.45) is -5.26. The SMILES string of the molecule is OC1C(CS)OC(OCCS)[C@@H](O)C1O. The van der Waals surface area contributed by atoms with Gasteiger partial charge in [0.05, 0.1) is 12.7 Å². The van der Waals surface area contributed by atoms with E-state index in [1.807, 2.05) is 0 Å². The molecule has 4 unspecified atom stereocenters. The molecule has 0 amide bonds. The van der Waals surface area contributed by atoms with Gasteiger partial charge in [0.15, 0.2) is 6.29 Å². The van der Waals surface area contributed by atoms with Crippen molar-refractivity contribution in [3.63, 3.8) is 0 Å². The van der Waals surface area contributed by atoms with Crippen LogP contribution in [0.5, 0.6) is 0 Å². The van der Waals surface area contributed by atoms with E-state index in [2.05, 4.69) is 25.3 Å². The molecule has 1 aliphatic heterocycles. The van der Waals surface area contributed by atoms with E-state index in [0.717, 1.165) is 0 Å². The van der Waals surface area contributed by atoms with Crippen molar-refractivity contribution in [1.82, 2.24) is 0 Å². The molecular formula is C8H16O5S2. The first-order valence-electron chi connectivity index (χ1n) is 4.64. The second kappa shape index (κ2) is 6.29. The number of aliphatic hydroxyl groups excluding tert-OH is 3. The second-order valence-corrected chi connectivity index (χ2v) is 4.10. The minimum absolute atomic E-state index is 0.242. The molecule has 90 valence electrons. The lowest BCUT2D eigenvalue weighted by molar-refractivity contribution is -0.290. The number of hydrogen-bond donors (Lipinski definition) is 5. The highest BCUT2D eigenvalue weighted by atomic mass is 32.1. The van der Waals surface area contributed by atoms with E-state index in [1.165, 1.54) is 0 Å². The number of thiol groups is 2. The highest BCUT2D eigenvalue weighted by Crippen LogP contribution is 2.22. The van der Waals surface area contributed by atoms with Gasteiger partial charge in [0.25, 0.3) is 0 Å². The van der Waals surface area contributed by atoms with Gasteiger partial charge < -0.3 is 24.8 Å². The Bertz CT molecular complexity index is 192. The Morgan fingerprint density at radius 2 is 1.73 bits per heavy atom. The molecule has 0 aromatic carbocycles. The fraction of sp³-hybridized carbons (Fsp3) is 1.00. The van der Waals surface area contributed by atoms with Crippen LogP contribution in [0.1, 0.15) is 0 Å². The van der Waals surface area contributed by atoms with Crippen molar-refractivity contribution in [2.45, 2.75) is 30.7 Å². The van der Waals surface area contributed by atoms with E-state index >= 15 is 0 Å². The van der Waals surface area contributed by atoms with E-state index < -0.39 is 30.7 Å². The molecule has 0 aliphatic carbocycles. The normalized spacial score (nSPS) is 41.8. The predicted molar refractivity (Wildman–Crippen MR) is 60.3 cm³/mol. The average Bonchev–Trinajstić information content (AvgIpc) is 2.25. The molecule has 0 saturated carbocycles. The predicted octanol–water partition coefficient (Wildman–Crippen LogP) is -1.33. The third kappa shape index (κ3) is 3.23. The quantitative estimate of drug-likeness (QED) is 0.403. The molecule has 1 fully saturated rings. The molecule has 0 bridgehead atoms. The summed E-state index contributed by atoms with van der Waals surface area (Å²) in [5.74, 6) is 0.725. The summed E-state index contributed by atoms with van der Waals surface area (Å²) in [4.78, 5) is 0. The Hall–Kier alpha value is 0.500. The molecule has 0 radical (unpaired) electrons. The van der Waals surface area contributed by atoms with E-state index in [1.54, 1.807) is 0 Å². The summed E-state index contributed by atoms with van der Waals surface area (Å²) in [7, 11) is 0. The van der Waals surface area contributed by atoms with E-state index in [9.17, 15) is 15.3 Å². The van der Waals surface area contributed by atoms with Gasteiger partial charge in [-0.05, 0) is 0 Å². The van der Waals surface area contributed by atoms with Crippen LogP contribution in [0.4, 0.5) is 0 Å². The average molecular weight is 256 g/mol.